The van der Waals surface area contributed by atoms with Crippen LogP contribution in [0.4, 0.5) is 0 Å². The Labute approximate surface area is 130 Å². The minimum atomic E-state index is 0.0607. The van der Waals surface area contributed by atoms with Crippen molar-refractivity contribution in [3.8, 4) is 0 Å². The van der Waals surface area contributed by atoms with Crippen LogP contribution in [-0.4, -0.2) is 54.1 Å². The van der Waals surface area contributed by atoms with Gasteiger partial charge >= 0.3 is 0 Å². The molecule has 0 aromatic carbocycles. The first-order valence-electron chi connectivity index (χ1n) is 8.94. The summed E-state index contributed by atoms with van der Waals surface area (Å²) in [4.78, 5) is 17.3. The zero-order chi connectivity index (χ0) is 15.2. The quantitative estimate of drug-likeness (QED) is 0.747. The molecule has 2 fully saturated rings. The third kappa shape index (κ3) is 4.43. The third-order valence-electron chi connectivity index (χ3n) is 4.77. The van der Waals surface area contributed by atoms with Crippen LogP contribution in [0.3, 0.4) is 0 Å². The summed E-state index contributed by atoms with van der Waals surface area (Å²) in [7, 11) is 0. The summed E-state index contributed by atoms with van der Waals surface area (Å²) in [5.74, 6) is 0.900. The van der Waals surface area contributed by atoms with Crippen LogP contribution in [0.15, 0.2) is 0 Å². The number of rotatable bonds is 8. The Morgan fingerprint density at radius 3 is 2.43 bits per heavy atom. The van der Waals surface area contributed by atoms with Gasteiger partial charge in [-0.1, -0.05) is 33.6 Å². The van der Waals surface area contributed by atoms with Crippen molar-refractivity contribution in [1.29, 1.82) is 0 Å². The van der Waals surface area contributed by atoms with Gasteiger partial charge in [-0.15, -0.1) is 0 Å². The molecule has 3 atom stereocenters. The van der Waals surface area contributed by atoms with Crippen LogP contribution in [0.2, 0.25) is 0 Å². The van der Waals surface area contributed by atoms with Crippen LogP contribution < -0.4 is 5.32 Å². The van der Waals surface area contributed by atoms with E-state index in [1.54, 1.807) is 0 Å². The van der Waals surface area contributed by atoms with Gasteiger partial charge < -0.3 is 9.80 Å². The Balaban J connectivity index is 1.89. The number of nitrogens with zero attached hydrogens (tertiary/aromatic N) is 2. The summed E-state index contributed by atoms with van der Waals surface area (Å²) in [6, 6.07) is 0.0607. The van der Waals surface area contributed by atoms with Gasteiger partial charge in [0.2, 0.25) is 5.91 Å². The predicted molar refractivity (Wildman–Crippen MR) is 87.1 cm³/mol. The molecule has 0 aromatic heterocycles. The van der Waals surface area contributed by atoms with Crippen molar-refractivity contribution in [2.45, 2.75) is 71.5 Å². The summed E-state index contributed by atoms with van der Waals surface area (Å²) >= 11 is 0. The molecule has 2 saturated heterocycles. The Hall–Kier alpha value is -0.610. The predicted octanol–water partition coefficient (Wildman–Crippen LogP) is 2.45. The van der Waals surface area contributed by atoms with E-state index in [1.165, 1.54) is 25.9 Å². The first-order valence-corrected chi connectivity index (χ1v) is 8.94. The molecule has 122 valence electrons. The van der Waals surface area contributed by atoms with Crippen LogP contribution in [0.1, 0.15) is 59.3 Å². The zero-order valence-corrected chi connectivity index (χ0v) is 14.1. The molecule has 2 aliphatic heterocycles. The van der Waals surface area contributed by atoms with Crippen molar-refractivity contribution in [1.82, 2.24) is 15.1 Å². The van der Waals surface area contributed by atoms with E-state index < -0.39 is 0 Å². The summed E-state index contributed by atoms with van der Waals surface area (Å²) in [6.45, 7) is 11.2. The van der Waals surface area contributed by atoms with Crippen molar-refractivity contribution < 1.29 is 4.79 Å². The molecule has 0 spiro atoms. The summed E-state index contributed by atoms with van der Waals surface area (Å²) < 4.78 is 0. The Bertz CT molecular complexity index is 328. The van der Waals surface area contributed by atoms with Crippen molar-refractivity contribution in [3.63, 3.8) is 0 Å². The molecule has 0 saturated carbocycles. The molecule has 2 aliphatic rings. The molecule has 0 bridgehead atoms. The van der Waals surface area contributed by atoms with Crippen molar-refractivity contribution in [2.24, 2.45) is 5.92 Å². The number of nitrogens with one attached hydrogen (secondary N) is 1. The van der Waals surface area contributed by atoms with E-state index >= 15 is 0 Å². The molecular formula is C17H33N3O. The van der Waals surface area contributed by atoms with Gasteiger partial charge in [-0.3, -0.25) is 10.1 Å². The van der Waals surface area contributed by atoms with Crippen LogP contribution in [0.5, 0.6) is 0 Å². The maximum Gasteiger partial charge on any atom is 0.241 e. The second kappa shape index (κ2) is 8.14. The second-order valence-electron chi connectivity index (χ2n) is 6.92. The molecular weight excluding hydrogens is 262 g/mol. The third-order valence-corrected chi connectivity index (χ3v) is 4.77. The lowest BCUT2D eigenvalue weighted by atomic mass is 10.1. The standard InChI is InChI=1S/C17H33N3O/c1-4-8-15-17(21)20(16(18-15)9-5-2)13-14(3)12-19-10-6-7-11-19/h14-16,18H,4-13H2,1-3H3. The molecule has 1 N–H and O–H groups in total. The van der Waals surface area contributed by atoms with Gasteiger partial charge in [0.15, 0.2) is 0 Å². The van der Waals surface area contributed by atoms with E-state index in [-0.39, 0.29) is 12.2 Å². The molecule has 4 heteroatoms. The molecule has 4 nitrogen and oxygen atoms in total. The molecule has 21 heavy (non-hydrogen) atoms. The van der Waals surface area contributed by atoms with Crippen molar-refractivity contribution in [3.05, 3.63) is 0 Å². The first kappa shape index (κ1) is 16.8. The molecule has 2 heterocycles. The Kier molecular flexibility index (Phi) is 6.49. The fourth-order valence-corrected chi connectivity index (χ4v) is 3.77. The maximum atomic E-state index is 12.6. The number of hydrogen-bond acceptors (Lipinski definition) is 3. The average Bonchev–Trinajstić information content (AvgIpc) is 3.04. The molecule has 1 amide bonds. The summed E-state index contributed by atoms with van der Waals surface area (Å²) in [5.41, 5.74) is 0. The first-order chi connectivity index (χ1) is 10.2. The highest BCUT2D eigenvalue weighted by Crippen LogP contribution is 2.20. The van der Waals surface area contributed by atoms with Gasteiger partial charge in [0.25, 0.3) is 0 Å². The normalized spacial score (nSPS) is 28.5. The highest BCUT2D eigenvalue weighted by atomic mass is 16.2. The van der Waals surface area contributed by atoms with Crippen LogP contribution in [0.25, 0.3) is 0 Å². The summed E-state index contributed by atoms with van der Waals surface area (Å²) in [6.07, 6.45) is 7.18. The van der Waals surface area contributed by atoms with Crippen LogP contribution in [-0.2, 0) is 4.79 Å². The lowest BCUT2D eigenvalue weighted by molar-refractivity contribution is -0.130. The van der Waals surface area contributed by atoms with E-state index in [0.717, 1.165) is 38.8 Å². The van der Waals surface area contributed by atoms with Gasteiger partial charge in [-0.05, 0) is 44.7 Å². The largest absolute Gasteiger partial charge is 0.325 e. The van der Waals surface area contributed by atoms with E-state index in [2.05, 4.69) is 35.9 Å². The molecule has 2 rings (SSSR count). The van der Waals surface area contributed by atoms with Gasteiger partial charge in [0.1, 0.15) is 0 Å². The van der Waals surface area contributed by atoms with E-state index in [1.807, 2.05) is 0 Å². The van der Waals surface area contributed by atoms with E-state index in [0.29, 0.717) is 11.8 Å². The van der Waals surface area contributed by atoms with Gasteiger partial charge in [0.05, 0.1) is 12.2 Å². The lowest BCUT2D eigenvalue weighted by Crippen LogP contribution is -2.42. The maximum absolute atomic E-state index is 12.6. The average molecular weight is 295 g/mol. The molecule has 0 radical (unpaired) electrons. The van der Waals surface area contributed by atoms with E-state index in [9.17, 15) is 4.79 Å². The van der Waals surface area contributed by atoms with Gasteiger partial charge in [-0.2, -0.15) is 0 Å². The van der Waals surface area contributed by atoms with Crippen molar-refractivity contribution >= 4 is 5.91 Å². The Morgan fingerprint density at radius 1 is 1.14 bits per heavy atom. The summed E-state index contributed by atoms with van der Waals surface area (Å²) in [5, 5.41) is 3.55. The highest BCUT2D eigenvalue weighted by molar-refractivity contribution is 5.84. The SMILES string of the molecule is CCCC1NC(CCC)N(CC(C)CN2CCCC2)C1=O. The number of carbonyl (C=O) groups is 1. The molecule has 0 aromatic rings. The van der Waals surface area contributed by atoms with Crippen molar-refractivity contribution in [2.75, 3.05) is 26.2 Å². The smallest absolute Gasteiger partial charge is 0.241 e. The number of hydrogen-bond donors (Lipinski definition) is 1. The highest BCUT2D eigenvalue weighted by Gasteiger charge is 2.38. The number of carbonyl (C=O) groups excluding carboxylic acids is 1. The fourth-order valence-electron chi connectivity index (χ4n) is 3.77. The second-order valence-corrected chi connectivity index (χ2v) is 6.92. The van der Waals surface area contributed by atoms with Crippen LogP contribution >= 0.6 is 0 Å². The van der Waals surface area contributed by atoms with Gasteiger partial charge in [0, 0.05) is 13.1 Å². The number of amides is 1. The fraction of sp³-hybridized carbons (Fsp3) is 0.941. The number of likely N-dealkylation sites (tertiary alicyclic amines) is 1. The Morgan fingerprint density at radius 2 is 1.81 bits per heavy atom. The molecule has 0 aliphatic carbocycles. The topological polar surface area (TPSA) is 35.6 Å². The lowest BCUT2D eigenvalue weighted by Gasteiger charge is -2.29. The minimum Gasteiger partial charge on any atom is -0.325 e. The van der Waals surface area contributed by atoms with Gasteiger partial charge in [-0.25, -0.2) is 0 Å². The zero-order valence-electron chi connectivity index (χ0n) is 14.1. The monoisotopic (exact) mass is 295 g/mol. The van der Waals surface area contributed by atoms with Crippen LogP contribution in [0, 0.1) is 5.92 Å². The van der Waals surface area contributed by atoms with E-state index in [4.69, 9.17) is 0 Å². The minimum absolute atomic E-state index is 0.0607. The molecule has 3 unspecified atom stereocenters.